The van der Waals surface area contributed by atoms with Gasteiger partial charge in [-0.15, -0.1) is 0 Å². The normalized spacial score (nSPS) is 27.1. The van der Waals surface area contributed by atoms with Gasteiger partial charge in [0.05, 0.1) is 13.7 Å². The van der Waals surface area contributed by atoms with E-state index in [1.54, 1.807) is 4.90 Å². The molecule has 10 heteroatoms. The Bertz CT molecular complexity index is 601. The molecule has 2 fully saturated rings. The number of carboxylic acid groups (broad SMARTS) is 1. The highest BCUT2D eigenvalue weighted by molar-refractivity contribution is 5.72. The average Bonchev–Trinajstić information content (AvgIpc) is 2.62. The van der Waals surface area contributed by atoms with Crippen LogP contribution in [0.4, 0.5) is 9.59 Å². The van der Waals surface area contributed by atoms with Crippen molar-refractivity contribution in [1.82, 2.24) is 20.0 Å². The number of hydrogen-bond acceptors (Lipinski definition) is 7. The standard InChI is InChI=1S/C14H26N2O4.C7H14N2O2/c1-10-7-15(13(18)20-14(3,4)5)8-11(2)16(10)9-12(17)19-6;1-5-3-9(7(10)11)4-6(2)8-5/h10-11H,7-9H2,1-6H3;5-6,8H,3-4H2,1-2H3,(H,10,11)/t10-,11+;5-,6+. The van der Waals surface area contributed by atoms with E-state index in [4.69, 9.17) is 14.6 Å². The number of nitrogens with zero attached hydrogens (tertiary/aromatic N) is 3. The van der Waals surface area contributed by atoms with Crippen LogP contribution in [0.1, 0.15) is 48.5 Å². The molecule has 0 aliphatic carbocycles. The van der Waals surface area contributed by atoms with Crippen LogP contribution in [0.25, 0.3) is 0 Å². The molecule has 2 heterocycles. The number of carbonyl (C=O) groups excluding carboxylic acids is 2. The number of hydrogen-bond donors (Lipinski definition) is 2. The summed E-state index contributed by atoms with van der Waals surface area (Å²) in [6.45, 7) is 16.1. The predicted octanol–water partition coefficient (Wildman–Crippen LogP) is 1.84. The fraction of sp³-hybridized carbons (Fsp3) is 0.857. The lowest BCUT2D eigenvalue weighted by Crippen LogP contribution is -2.59. The van der Waals surface area contributed by atoms with E-state index in [1.807, 2.05) is 53.4 Å². The number of nitrogens with one attached hydrogen (secondary N) is 1. The third kappa shape index (κ3) is 9.30. The number of ether oxygens (including phenoxy) is 2. The number of carbonyl (C=O) groups is 3. The van der Waals surface area contributed by atoms with Gasteiger partial charge in [-0.2, -0.15) is 0 Å². The Kier molecular flexibility index (Phi) is 10.0. The van der Waals surface area contributed by atoms with Gasteiger partial charge in [0.1, 0.15) is 5.60 Å². The van der Waals surface area contributed by atoms with E-state index in [0.29, 0.717) is 26.2 Å². The third-order valence-electron chi connectivity index (χ3n) is 5.12. The second-order valence-electron chi connectivity index (χ2n) is 9.49. The number of piperazine rings is 2. The van der Waals surface area contributed by atoms with E-state index in [0.717, 1.165) is 0 Å². The molecule has 0 bridgehead atoms. The molecule has 0 aromatic carbocycles. The fourth-order valence-electron chi connectivity index (χ4n) is 3.84. The Hall–Kier alpha value is -2.07. The number of amides is 2. The van der Waals surface area contributed by atoms with Gasteiger partial charge in [0, 0.05) is 50.3 Å². The second-order valence-corrected chi connectivity index (χ2v) is 9.49. The Balaban J connectivity index is 0.000000367. The lowest BCUT2D eigenvalue weighted by molar-refractivity contribution is -0.144. The maximum atomic E-state index is 12.1. The summed E-state index contributed by atoms with van der Waals surface area (Å²) in [5.74, 6) is -0.255. The maximum absolute atomic E-state index is 12.1. The van der Waals surface area contributed by atoms with Crippen LogP contribution in [0.15, 0.2) is 0 Å². The van der Waals surface area contributed by atoms with Crippen LogP contribution < -0.4 is 5.32 Å². The van der Waals surface area contributed by atoms with Gasteiger partial charge < -0.3 is 29.7 Å². The lowest BCUT2D eigenvalue weighted by Gasteiger charge is -2.43. The van der Waals surface area contributed by atoms with Crippen molar-refractivity contribution in [1.29, 1.82) is 0 Å². The molecule has 2 saturated heterocycles. The van der Waals surface area contributed by atoms with E-state index >= 15 is 0 Å². The predicted molar refractivity (Wildman–Crippen MR) is 117 cm³/mol. The van der Waals surface area contributed by atoms with Crippen LogP contribution in [-0.2, 0) is 14.3 Å². The molecular weight excluding hydrogens is 404 g/mol. The summed E-state index contributed by atoms with van der Waals surface area (Å²) in [5, 5.41) is 11.9. The Labute approximate surface area is 185 Å². The first-order chi connectivity index (χ1) is 14.2. The molecular formula is C21H40N4O6. The van der Waals surface area contributed by atoms with Crippen molar-refractivity contribution >= 4 is 18.2 Å². The Morgan fingerprint density at radius 1 is 0.935 bits per heavy atom. The van der Waals surface area contributed by atoms with Gasteiger partial charge in [-0.3, -0.25) is 9.69 Å². The molecule has 2 aliphatic heterocycles. The SMILES string of the molecule is COC(=O)CN1[C@H](C)CN(C(=O)OC(C)(C)C)C[C@@H]1C.C[C@@H]1CN(C(=O)O)C[C@H](C)N1. The maximum Gasteiger partial charge on any atom is 0.410 e. The molecule has 0 radical (unpaired) electrons. The van der Waals surface area contributed by atoms with E-state index in [1.165, 1.54) is 12.0 Å². The van der Waals surface area contributed by atoms with Gasteiger partial charge in [0.15, 0.2) is 0 Å². The van der Waals surface area contributed by atoms with Crippen LogP contribution in [-0.4, -0.2) is 108 Å². The summed E-state index contributed by atoms with van der Waals surface area (Å²) in [7, 11) is 1.38. The quantitative estimate of drug-likeness (QED) is 0.621. The first-order valence-electron chi connectivity index (χ1n) is 10.8. The number of methoxy groups -OCH3 is 1. The first-order valence-corrected chi connectivity index (χ1v) is 10.8. The Morgan fingerprint density at radius 2 is 1.42 bits per heavy atom. The van der Waals surface area contributed by atoms with Crippen molar-refractivity contribution in [3.8, 4) is 0 Å². The minimum absolute atomic E-state index is 0.0883. The van der Waals surface area contributed by atoms with Crippen molar-refractivity contribution in [2.24, 2.45) is 0 Å². The first kappa shape index (κ1) is 27.0. The molecule has 0 spiro atoms. The largest absolute Gasteiger partial charge is 0.468 e. The lowest BCUT2D eigenvalue weighted by atomic mass is 10.1. The third-order valence-corrected chi connectivity index (χ3v) is 5.12. The molecule has 31 heavy (non-hydrogen) atoms. The van der Waals surface area contributed by atoms with Gasteiger partial charge in [0.25, 0.3) is 0 Å². The zero-order valence-electron chi connectivity index (χ0n) is 20.2. The average molecular weight is 445 g/mol. The van der Waals surface area contributed by atoms with Gasteiger partial charge >= 0.3 is 18.2 Å². The number of esters is 1. The monoisotopic (exact) mass is 444 g/mol. The van der Waals surface area contributed by atoms with Crippen LogP contribution >= 0.6 is 0 Å². The zero-order valence-corrected chi connectivity index (χ0v) is 20.2. The fourth-order valence-corrected chi connectivity index (χ4v) is 3.84. The van der Waals surface area contributed by atoms with Gasteiger partial charge in [0.2, 0.25) is 0 Å². The van der Waals surface area contributed by atoms with Crippen molar-refractivity contribution in [3.05, 3.63) is 0 Å². The minimum Gasteiger partial charge on any atom is -0.468 e. The molecule has 4 atom stereocenters. The summed E-state index contributed by atoms with van der Waals surface area (Å²) in [6.07, 6.45) is -1.11. The van der Waals surface area contributed by atoms with Crippen molar-refractivity contribution < 1.29 is 29.0 Å². The van der Waals surface area contributed by atoms with Crippen LogP contribution in [0.3, 0.4) is 0 Å². The summed E-state index contributed by atoms with van der Waals surface area (Å²) in [6, 6.07) is 0.723. The molecule has 180 valence electrons. The summed E-state index contributed by atoms with van der Waals surface area (Å²) in [4.78, 5) is 39.2. The highest BCUT2D eigenvalue weighted by Gasteiger charge is 2.34. The van der Waals surface area contributed by atoms with Gasteiger partial charge in [-0.1, -0.05) is 0 Å². The molecule has 2 N–H and O–H groups in total. The van der Waals surface area contributed by atoms with E-state index in [2.05, 4.69) is 5.32 Å². The van der Waals surface area contributed by atoms with E-state index in [-0.39, 0.29) is 42.8 Å². The molecule has 0 aromatic rings. The smallest absolute Gasteiger partial charge is 0.410 e. The van der Waals surface area contributed by atoms with Crippen molar-refractivity contribution in [2.75, 3.05) is 39.8 Å². The molecule has 0 unspecified atom stereocenters. The molecule has 10 nitrogen and oxygen atoms in total. The molecule has 0 saturated carbocycles. The summed E-state index contributed by atoms with van der Waals surface area (Å²) in [5.41, 5.74) is -0.493. The minimum atomic E-state index is -0.815. The summed E-state index contributed by atoms with van der Waals surface area (Å²) < 4.78 is 10.1. The van der Waals surface area contributed by atoms with Gasteiger partial charge in [-0.25, -0.2) is 9.59 Å². The zero-order chi connectivity index (χ0) is 23.9. The molecule has 2 rings (SSSR count). The topological polar surface area (TPSA) is 112 Å². The molecule has 2 amide bonds. The highest BCUT2D eigenvalue weighted by atomic mass is 16.6. The Morgan fingerprint density at radius 3 is 1.81 bits per heavy atom. The van der Waals surface area contributed by atoms with Crippen molar-refractivity contribution in [3.63, 3.8) is 0 Å². The molecule has 0 aromatic heterocycles. The van der Waals surface area contributed by atoms with Crippen molar-refractivity contribution in [2.45, 2.75) is 78.2 Å². The summed E-state index contributed by atoms with van der Waals surface area (Å²) >= 11 is 0. The van der Waals surface area contributed by atoms with E-state index in [9.17, 15) is 14.4 Å². The second kappa shape index (κ2) is 11.5. The van der Waals surface area contributed by atoms with Gasteiger partial charge in [-0.05, 0) is 48.5 Å². The van der Waals surface area contributed by atoms with Crippen LogP contribution in [0.5, 0.6) is 0 Å². The van der Waals surface area contributed by atoms with E-state index < -0.39 is 11.7 Å². The van der Waals surface area contributed by atoms with Crippen LogP contribution in [0.2, 0.25) is 0 Å². The molecule has 2 aliphatic rings. The van der Waals surface area contributed by atoms with Crippen LogP contribution in [0, 0.1) is 0 Å². The highest BCUT2D eigenvalue weighted by Crippen LogP contribution is 2.18. The number of rotatable bonds is 2.